The van der Waals surface area contributed by atoms with E-state index in [0.717, 1.165) is 68.0 Å². The number of nitrogens with zero attached hydrogens (tertiary/aromatic N) is 1. The fourth-order valence-electron chi connectivity index (χ4n) is 3.97. The van der Waals surface area contributed by atoms with Gasteiger partial charge in [0.25, 0.3) is 5.91 Å². The molecule has 1 aliphatic heterocycles. The summed E-state index contributed by atoms with van der Waals surface area (Å²) >= 11 is 0. The molecule has 0 aromatic heterocycles. The highest BCUT2D eigenvalue weighted by Gasteiger charge is 2.27. The van der Waals surface area contributed by atoms with Crippen LogP contribution in [0.25, 0.3) is 0 Å². The molecule has 164 valence electrons. The molecule has 6 heteroatoms. The molecule has 1 heterocycles. The van der Waals surface area contributed by atoms with Crippen LogP contribution in [0.2, 0.25) is 0 Å². The maximum Gasteiger partial charge on any atom is 0.323 e. The van der Waals surface area contributed by atoms with E-state index in [1.54, 1.807) is 6.07 Å². The van der Waals surface area contributed by atoms with Crippen molar-refractivity contribution < 1.29 is 9.59 Å². The van der Waals surface area contributed by atoms with E-state index in [0.29, 0.717) is 11.3 Å². The number of amides is 3. The number of anilines is 3. The van der Waals surface area contributed by atoms with Crippen molar-refractivity contribution in [3.05, 3.63) is 53.6 Å². The highest BCUT2D eigenvalue weighted by molar-refractivity contribution is 6.04. The van der Waals surface area contributed by atoms with Crippen LogP contribution in [-0.2, 0) is 6.42 Å². The van der Waals surface area contributed by atoms with Gasteiger partial charge in [0.2, 0.25) is 0 Å². The van der Waals surface area contributed by atoms with Crippen LogP contribution in [0.4, 0.5) is 21.9 Å². The largest absolute Gasteiger partial charge is 0.371 e. The molecule has 1 saturated heterocycles. The van der Waals surface area contributed by atoms with Crippen molar-refractivity contribution in [1.29, 1.82) is 0 Å². The van der Waals surface area contributed by atoms with Gasteiger partial charge in [0, 0.05) is 36.2 Å². The predicted molar refractivity (Wildman–Crippen MR) is 126 cm³/mol. The monoisotopic (exact) mass is 420 g/mol. The number of carbonyl (C=O) groups is 2. The van der Waals surface area contributed by atoms with E-state index in [9.17, 15) is 9.59 Å². The Bertz CT molecular complexity index is 946. The van der Waals surface area contributed by atoms with Crippen molar-refractivity contribution in [2.45, 2.75) is 52.0 Å². The van der Waals surface area contributed by atoms with E-state index < -0.39 is 0 Å². The number of benzene rings is 2. The van der Waals surface area contributed by atoms with Gasteiger partial charge in [0.15, 0.2) is 0 Å². The van der Waals surface area contributed by atoms with Crippen molar-refractivity contribution in [2.75, 3.05) is 28.6 Å². The van der Waals surface area contributed by atoms with Gasteiger partial charge < -0.3 is 20.9 Å². The van der Waals surface area contributed by atoms with Crippen molar-refractivity contribution in [3.8, 4) is 0 Å². The Morgan fingerprint density at radius 1 is 0.968 bits per heavy atom. The third kappa shape index (κ3) is 5.57. The lowest BCUT2D eigenvalue weighted by atomic mass is 9.98. The fraction of sp³-hybridized carbons (Fsp3) is 0.440. The lowest BCUT2D eigenvalue weighted by Gasteiger charge is -2.33. The highest BCUT2D eigenvalue weighted by Crippen LogP contribution is 2.30. The Kier molecular flexibility index (Phi) is 6.44. The Balaban J connectivity index is 1.50. The van der Waals surface area contributed by atoms with Crippen LogP contribution >= 0.6 is 0 Å². The van der Waals surface area contributed by atoms with Crippen LogP contribution in [0.15, 0.2) is 42.5 Å². The molecule has 3 amide bonds. The minimum atomic E-state index is -0.318. The van der Waals surface area contributed by atoms with E-state index in [-0.39, 0.29) is 18.0 Å². The summed E-state index contributed by atoms with van der Waals surface area (Å²) in [5.41, 5.74) is 4.11. The molecule has 0 atom stereocenters. The molecular formula is C25H32N4O2. The zero-order valence-corrected chi connectivity index (χ0v) is 18.4. The summed E-state index contributed by atoms with van der Waals surface area (Å²) in [6, 6.07) is 13.4. The molecule has 2 aliphatic rings. The zero-order valence-electron chi connectivity index (χ0n) is 18.4. The molecule has 3 N–H and O–H groups in total. The van der Waals surface area contributed by atoms with Crippen molar-refractivity contribution in [2.24, 2.45) is 5.92 Å². The molecule has 1 saturated carbocycles. The Morgan fingerprint density at radius 2 is 1.68 bits per heavy atom. The normalized spacial score (nSPS) is 16.6. The molecule has 2 aromatic carbocycles. The Labute approximate surface area is 184 Å². The van der Waals surface area contributed by atoms with Crippen LogP contribution in [0.1, 0.15) is 55.5 Å². The Morgan fingerprint density at radius 3 is 2.35 bits per heavy atom. The second kappa shape index (κ2) is 9.41. The number of nitrogens with one attached hydrogen (secondary N) is 3. The van der Waals surface area contributed by atoms with Crippen LogP contribution in [0.5, 0.6) is 0 Å². The summed E-state index contributed by atoms with van der Waals surface area (Å²) in [4.78, 5) is 27.8. The van der Waals surface area contributed by atoms with Gasteiger partial charge in [-0.3, -0.25) is 4.79 Å². The molecule has 0 unspecified atom stereocenters. The summed E-state index contributed by atoms with van der Waals surface area (Å²) in [6.45, 7) is 6.26. The number of aryl methyl sites for hydroxylation is 1. The van der Waals surface area contributed by atoms with Gasteiger partial charge in [-0.25, -0.2) is 4.79 Å². The number of rotatable bonds is 6. The maximum absolute atomic E-state index is 13.0. The average Bonchev–Trinajstić information content (AvgIpc) is 3.58. The topological polar surface area (TPSA) is 73.5 Å². The van der Waals surface area contributed by atoms with E-state index in [4.69, 9.17) is 0 Å². The Hall–Kier alpha value is -3.02. The van der Waals surface area contributed by atoms with Gasteiger partial charge in [-0.2, -0.15) is 0 Å². The van der Waals surface area contributed by atoms with Crippen molar-refractivity contribution in [1.82, 2.24) is 5.32 Å². The fourth-order valence-corrected chi connectivity index (χ4v) is 3.97. The smallest absolute Gasteiger partial charge is 0.323 e. The molecule has 1 aliphatic carbocycles. The zero-order chi connectivity index (χ0) is 21.8. The van der Waals surface area contributed by atoms with Gasteiger partial charge in [0.1, 0.15) is 0 Å². The third-order valence-electron chi connectivity index (χ3n) is 6.13. The molecule has 0 spiro atoms. The van der Waals surface area contributed by atoms with Crippen molar-refractivity contribution >= 4 is 29.0 Å². The van der Waals surface area contributed by atoms with Crippen LogP contribution in [-0.4, -0.2) is 31.1 Å². The molecule has 0 bridgehead atoms. The first-order chi connectivity index (χ1) is 15.0. The van der Waals surface area contributed by atoms with Gasteiger partial charge in [0.05, 0.1) is 5.56 Å². The molecule has 6 nitrogen and oxygen atoms in total. The number of piperidine rings is 1. The number of hydrogen-bond acceptors (Lipinski definition) is 3. The second-order valence-electron chi connectivity index (χ2n) is 8.78. The first kappa shape index (κ1) is 21.2. The van der Waals surface area contributed by atoms with E-state index >= 15 is 0 Å². The average molecular weight is 421 g/mol. The summed E-state index contributed by atoms with van der Waals surface area (Å²) in [5.74, 6) is 0.659. The third-order valence-corrected chi connectivity index (χ3v) is 6.13. The van der Waals surface area contributed by atoms with Gasteiger partial charge in [-0.1, -0.05) is 26.0 Å². The standard InChI is InChI=1S/C25H32N4O2/c1-3-18-5-4-6-20(15-18)27-25(31)28-21-9-10-23(29-13-11-17(2)12-14-29)22(16-21)24(30)26-19-7-8-19/h4-6,9-10,15-17,19H,3,7-8,11-14H2,1-2H3,(H,26,30)(H2,27,28,31). The molecule has 2 fully saturated rings. The minimum absolute atomic E-state index is 0.0594. The number of carbonyl (C=O) groups excluding carboxylic acids is 2. The van der Waals surface area contributed by atoms with Crippen LogP contribution in [0.3, 0.4) is 0 Å². The van der Waals surface area contributed by atoms with Gasteiger partial charge >= 0.3 is 6.03 Å². The summed E-state index contributed by atoms with van der Waals surface area (Å²) in [6.07, 6.45) is 5.25. The lowest BCUT2D eigenvalue weighted by molar-refractivity contribution is 0.0951. The predicted octanol–water partition coefficient (Wildman–Crippen LogP) is 5.02. The van der Waals surface area contributed by atoms with E-state index in [2.05, 4.69) is 34.7 Å². The molecule has 4 rings (SSSR count). The summed E-state index contributed by atoms with van der Waals surface area (Å²) < 4.78 is 0. The SMILES string of the molecule is CCc1cccc(NC(=O)Nc2ccc(N3CCC(C)CC3)c(C(=O)NC3CC3)c2)c1. The van der Waals surface area contributed by atoms with E-state index in [1.807, 2.05) is 36.4 Å². The van der Waals surface area contributed by atoms with Crippen LogP contribution in [0, 0.1) is 5.92 Å². The van der Waals surface area contributed by atoms with Gasteiger partial charge in [-0.15, -0.1) is 0 Å². The molecule has 31 heavy (non-hydrogen) atoms. The second-order valence-corrected chi connectivity index (χ2v) is 8.78. The first-order valence-electron chi connectivity index (χ1n) is 11.4. The van der Waals surface area contributed by atoms with E-state index in [1.165, 1.54) is 0 Å². The maximum atomic E-state index is 13.0. The molecular weight excluding hydrogens is 388 g/mol. The minimum Gasteiger partial charge on any atom is -0.371 e. The summed E-state index contributed by atoms with van der Waals surface area (Å²) in [7, 11) is 0. The lowest BCUT2D eigenvalue weighted by Crippen LogP contribution is -2.35. The first-order valence-corrected chi connectivity index (χ1v) is 11.4. The van der Waals surface area contributed by atoms with Crippen LogP contribution < -0.4 is 20.9 Å². The quantitative estimate of drug-likeness (QED) is 0.614. The number of urea groups is 1. The highest BCUT2D eigenvalue weighted by atomic mass is 16.2. The van der Waals surface area contributed by atoms with Gasteiger partial charge in [-0.05, 0) is 73.9 Å². The number of hydrogen-bond donors (Lipinski definition) is 3. The molecule has 0 radical (unpaired) electrons. The summed E-state index contributed by atoms with van der Waals surface area (Å²) in [5, 5.41) is 8.86. The molecule has 2 aromatic rings. The van der Waals surface area contributed by atoms with Crippen molar-refractivity contribution in [3.63, 3.8) is 0 Å².